The van der Waals surface area contributed by atoms with Crippen LogP contribution in [0.1, 0.15) is 5.82 Å². The number of quaternary nitrogens is 1. The predicted molar refractivity (Wildman–Crippen MR) is 111 cm³/mol. The fraction of sp³-hybridized carbons (Fsp3) is 0.250. The third-order valence-corrected chi connectivity index (χ3v) is 4.52. The van der Waals surface area contributed by atoms with Crippen LogP contribution in [0.2, 0.25) is 5.02 Å². The molecule has 0 radical (unpaired) electrons. The number of halogens is 1. The Morgan fingerprint density at radius 2 is 1.89 bits per heavy atom. The number of H-pyrrole nitrogens is 1. The lowest BCUT2D eigenvalue weighted by Gasteiger charge is -2.23. The van der Waals surface area contributed by atoms with Crippen molar-refractivity contribution in [1.82, 2.24) is 14.9 Å². The number of aromatic nitrogens is 2. The topological polar surface area (TPSA) is 82.5 Å². The highest BCUT2D eigenvalue weighted by atomic mass is 35.5. The van der Waals surface area contributed by atoms with Gasteiger partial charge in [0.05, 0.1) is 44.6 Å². The van der Waals surface area contributed by atoms with Gasteiger partial charge >= 0.3 is 6.03 Å². The SMILES string of the molecule is C[NH+](C)CCN(Cc1nc2ccccc2c(=O)[nH]1)C(=O)Nc1ccc(Cl)cc1. The Bertz CT molecular complexity index is 1020. The molecule has 0 unspecified atom stereocenters. The molecule has 1 aromatic heterocycles. The summed E-state index contributed by atoms with van der Waals surface area (Å²) >= 11 is 5.90. The second-order valence-corrected chi connectivity index (χ2v) is 7.28. The summed E-state index contributed by atoms with van der Waals surface area (Å²) < 4.78 is 0. The van der Waals surface area contributed by atoms with Crippen LogP contribution < -0.4 is 15.8 Å². The molecule has 1 heterocycles. The number of amides is 2. The molecular weight excluding hydrogens is 378 g/mol. The van der Waals surface area contributed by atoms with Crippen molar-refractivity contribution in [2.24, 2.45) is 0 Å². The standard InChI is InChI=1S/C20H22ClN5O2/c1-25(2)11-12-26(20(28)22-15-9-7-14(21)8-10-15)13-18-23-17-6-4-3-5-16(17)19(27)24-18/h3-10H,11-13H2,1-2H3,(H,22,28)(H,23,24,27)/p+1. The third-order valence-electron chi connectivity index (χ3n) is 4.27. The zero-order chi connectivity index (χ0) is 20.1. The number of hydrogen-bond donors (Lipinski definition) is 3. The highest BCUT2D eigenvalue weighted by Gasteiger charge is 2.17. The number of nitrogens with one attached hydrogen (secondary N) is 3. The van der Waals surface area contributed by atoms with Gasteiger partial charge in [0.1, 0.15) is 5.82 Å². The molecule has 0 aliphatic heterocycles. The van der Waals surface area contributed by atoms with Crippen LogP contribution >= 0.6 is 11.6 Å². The largest absolute Gasteiger partial charge is 0.338 e. The van der Waals surface area contributed by atoms with Gasteiger partial charge in [0.25, 0.3) is 5.56 Å². The number of hydrogen-bond acceptors (Lipinski definition) is 3. The van der Waals surface area contributed by atoms with Gasteiger partial charge in [-0.15, -0.1) is 0 Å². The van der Waals surface area contributed by atoms with Crippen molar-refractivity contribution < 1.29 is 9.69 Å². The minimum atomic E-state index is -0.264. The Kier molecular flexibility index (Phi) is 6.28. The lowest BCUT2D eigenvalue weighted by atomic mass is 10.2. The third kappa shape index (κ3) is 5.09. The van der Waals surface area contributed by atoms with E-state index in [0.29, 0.717) is 34.0 Å². The molecule has 0 saturated carbocycles. The van der Waals surface area contributed by atoms with Crippen molar-refractivity contribution in [3.8, 4) is 0 Å². The molecule has 7 nitrogen and oxygen atoms in total. The average Bonchev–Trinajstić information content (AvgIpc) is 2.66. The van der Waals surface area contributed by atoms with E-state index in [1.54, 1.807) is 47.4 Å². The number of benzene rings is 2. The number of para-hydroxylation sites is 1. The van der Waals surface area contributed by atoms with Gasteiger partial charge in [-0.1, -0.05) is 23.7 Å². The maximum absolute atomic E-state index is 12.8. The van der Waals surface area contributed by atoms with Gasteiger partial charge < -0.3 is 20.1 Å². The number of aromatic amines is 1. The van der Waals surface area contributed by atoms with Crippen LogP contribution in [0, 0.1) is 0 Å². The fourth-order valence-corrected chi connectivity index (χ4v) is 2.86. The summed E-state index contributed by atoms with van der Waals surface area (Å²) in [6, 6.07) is 13.8. The van der Waals surface area contributed by atoms with Crippen LogP contribution in [0.25, 0.3) is 10.9 Å². The normalized spacial score (nSPS) is 11.0. The average molecular weight is 401 g/mol. The van der Waals surface area contributed by atoms with Gasteiger partial charge in [0.2, 0.25) is 0 Å². The van der Waals surface area contributed by atoms with Gasteiger partial charge in [0.15, 0.2) is 0 Å². The van der Waals surface area contributed by atoms with E-state index in [-0.39, 0.29) is 18.1 Å². The van der Waals surface area contributed by atoms with E-state index < -0.39 is 0 Å². The van der Waals surface area contributed by atoms with E-state index >= 15 is 0 Å². The van der Waals surface area contributed by atoms with Crippen LogP contribution in [0.5, 0.6) is 0 Å². The molecule has 0 atom stereocenters. The number of carbonyl (C=O) groups excluding carboxylic acids is 1. The molecule has 0 saturated heterocycles. The van der Waals surface area contributed by atoms with Crippen LogP contribution in [-0.4, -0.2) is 48.1 Å². The Labute approximate surface area is 167 Å². The number of fused-ring (bicyclic) bond motifs is 1. The summed E-state index contributed by atoms with van der Waals surface area (Å²) in [5.41, 5.74) is 1.05. The minimum absolute atomic E-state index is 0.201. The molecule has 3 aromatic rings. The fourth-order valence-electron chi connectivity index (χ4n) is 2.74. The molecule has 0 spiro atoms. The predicted octanol–water partition coefficient (Wildman–Crippen LogP) is 1.76. The highest BCUT2D eigenvalue weighted by Crippen LogP contribution is 2.14. The second-order valence-electron chi connectivity index (χ2n) is 6.85. The Morgan fingerprint density at radius 3 is 2.61 bits per heavy atom. The first-order valence-corrected chi connectivity index (χ1v) is 9.38. The first-order valence-electron chi connectivity index (χ1n) is 9.01. The van der Waals surface area contributed by atoms with Crippen molar-refractivity contribution in [3.63, 3.8) is 0 Å². The summed E-state index contributed by atoms with van der Waals surface area (Å²) in [5, 5.41) is 3.99. The number of likely N-dealkylation sites (N-methyl/N-ethyl adjacent to an activating group) is 1. The molecule has 2 aromatic carbocycles. The number of rotatable bonds is 6. The van der Waals surface area contributed by atoms with E-state index in [4.69, 9.17) is 11.6 Å². The zero-order valence-corrected chi connectivity index (χ0v) is 16.6. The lowest BCUT2D eigenvalue weighted by molar-refractivity contribution is -0.857. The molecule has 8 heteroatoms. The van der Waals surface area contributed by atoms with Gasteiger partial charge in [-0.2, -0.15) is 0 Å². The van der Waals surface area contributed by atoms with E-state index in [2.05, 4.69) is 15.3 Å². The summed E-state index contributed by atoms with van der Waals surface area (Å²) in [4.78, 5) is 35.3. The second kappa shape index (κ2) is 8.86. The smallest absolute Gasteiger partial charge is 0.322 e. The molecule has 3 rings (SSSR count). The number of anilines is 1. The zero-order valence-electron chi connectivity index (χ0n) is 15.8. The summed E-state index contributed by atoms with van der Waals surface area (Å²) in [6.07, 6.45) is 0. The first-order chi connectivity index (χ1) is 13.4. The molecule has 0 aliphatic carbocycles. The number of carbonyl (C=O) groups is 1. The summed E-state index contributed by atoms with van der Waals surface area (Å²) in [7, 11) is 4.04. The Morgan fingerprint density at radius 1 is 1.18 bits per heavy atom. The van der Waals surface area contributed by atoms with E-state index in [9.17, 15) is 9.59 Å². The number of nitrogens with zero attached hydrogens (tertiary/aromatic N) is 2. The monoisotopic (exact) mass is 400 g/mol. The molecule has 0 bridgehead atoms. The molecule has 146 valence electrons. The summed E-state index contributed by atoms with van der Waals surface area (Å²) in [5.74, 6) is 0.448. The molecule has 0 aliphatic rings. The van der Waals surface area contributed by atoms with Crippen LogP contribution in [0.3, 0.4) is 0 Å². The van der Waals surface area contributed by atoms with Gasteiger partial charge in [-0.3, -0.25) is 4.79 Å². The summed E-state index contributed by atoms with van der Waals surface area (Å²) in [6.45, 7) is 1.47. The van der Waals surface area contributed by atoms with E-state index in [1.165, 1.54) is 4.90 Å². The Balaban J connectivity index is 1.82. The molecule has 3 N–H and O–H groups in total. The molecule has 0 fully saturated rings. The maximum atomic E-state index is 12.8. The van der Waals surface area contributed by atoms with Crippen LogP contribution in [0.15, 0.2) is 53.3 Å². The van der Waals surface area contributed by atoms with Crippen molar-refractivity contribution >= 4 is 34.2 Å². The Hall–Kier alpha value is -2.90. The maximum Gasteiger partial charge on any atom is 0.322 e. The molecule has 28 heavy (non-hydrogen) atoms. The van der Waals surface area contributed by atoms with Crippen molar-refractivity contribution in [2.75, 3.05) is 32.5 Å². The minimum Gasteiger partial charge on any atom is -0.338 e. The van der Waals surface area contributed by atoms with Crippen LogP contribution in [0.4, 0.5) is 10.5 Å². The van der Waals surface area contributed by atoms with Crippen molar-refractivity contribution in [2.45, 2.75) is 6.54 Å². The number of urea groups is 1. The van der Waals surface area contributed by atoms with Gasteiger partial charge in [0, 0.05) is 10.7 Å². The van der Waals surface area contributed by atoms with Crippen LogP contribution in [-0.2, 0) is 6.54 Å². The highest BCUT2D eigenvalue weighted by molar-refractivity contribution is 6.30. The quantitative estimate of drug-likeness (QED) is 0.589. The van der Waals surface area contributed by atoms with Crippen molar-refractivity contribution in [1.29, 1.82) is 0 Å². The van der Waals surface area contributed by atoms with Gasteiger partial charge in [-0.05, 0) is 36.4 Å². The van der Waals surface area contributed by atoms with Gasteiger partial charge in [-0.25, -0.2) is 9.78 Å². The first kappa shape index (κ1) is 19.9. The van der Waals surface area contributed by atoms with E-state index in [1.807, 2.05) is 20.2 Å². The lowest BCUT2D eigenvalue weighted by Crippen LogP contribution is -3.06. The molecule has 2 amide bonds. The van der Waals surface area contributed by atoms with Crippen molar-refractivity contribution in [3.05, 3.63) is 69.7 Å². The molecular formula is C20H23ClN5O2+. The van der Waals surface area contributed by atoms with E-state index in [0.717, 1.165) is 6.54 Å².